The number of unbranched alkanes of at least 4 members (excludes halogenated alkanes) is 27. The fourth-order valence-corrected chi connectivity index (χ4v) is 6.16. The van der Waals surface area contributed by atoms with E-state index in [1.165, 1.54) is 148 Å². The van der Waals surface area contributed by atoms with E-state index in [1.54, 1.807) is 0 Å². The summed E-state index contributed by atoms with van der Waals surface area (Å²) in [6.07, 6.45) is 34.1. The largest absolute Gasteiger partial charge is 0.445 e. The summed E-state index contributed by atoms with van der Waals surface area (Å²) in [5.41, 5.74) is 0. The number of carbonyl (C=O) groups excluding carboxylic acids is 3. The van der Waals surface area contributed by atoms with Crippen LogP contribution < -0.4 is 16.0 Å². The van der Waals surface area contributed by atoms with Crippen LogP contribution in [0.25, 0.3) is 0 Å². The monoisotopic (exact) mass is 726 g/mol. The highest BCUT2D eigenvalue weighted by atomic mass is 16.6. The van der Waals surface area contributed by atoms with Crippen LogP contribution in [0.2, 0.25) is 0 Å². The second-order valence-electron chi connectivity index (χ2n) is 14.6. The van der Waals surface area contributed by atoms with Gasteiger partial charge in [0.05, 0.1) is 0 Å². The van der Waals surface area contributed by atoms with Gasteiger partial charge in [-0.3, -0.25) is 0 Å². The summed E-state index contributed by atoms with van der Waals surface area (Å²) in [7, 11) is 0. The van der Waals surface area contributed by atoms with Crippen LogP contribution in [0, 0.1) is 0 Å². The van der Waals surface area contributed by atoms with Gasteiger partial charge >= 0.3 is 18.3 Å². The molecule has 302 valence electrons. The van der Waals surface area contributed by atoms with Gasteiger partial charge in [-0.1, -0.05) is 194 Å². The van der Waals surface area contributed by atoms with E-state index in [-0.39, 0.29) is 13.2 Å². The van der Waals surface area contributed by atoms with E-state index in [0.29, 0.717) is 19.6 Å². The number of nitrogens with one attached hydrogen (secondary N) is 3. The van der Waals surface area contributed by atoms with Crippen molar-refractivity contribution in [1.29, 1.82) is 0 Å². The smallest absolute Gasteiger partial charge is 0.407 e. The molecule has 0 saturated heterocycles. The van der Waals surface area contributed by atoms with E-state index in [1.807, 2.05) is 0 Å². The highest BCUT2D eigenvalue weighted by Gasteiger charge is 2.19. The van der Waals surface area contributed by atoms with Crippen molar-refractivity contribution in [2.24, 2.45) is 0 Å². The Morgan fingerprint density at radius 1 is 0.353 bits per heavy atom. The molecule has 9 heteroatoms. The van der Waals surface area contributed by atoms with Gasteiger partial charge in [0.15, 0.2) is 6.10 Å². The van der Waals surface area contributed by atoms with Crippen molar-refractivity contribution >= 4 is 18.3 Å². The molecular weight excluding hydrogens is 642 g/mol. The minimum Gasteiger partial charge on any atom is -0.445 e. The van der Waals surface area contributed by atoms with Crippen molar-refractivity contribution in [3.05, 3.63) is 0 Å². The molecule has 51 heavy (non-hydrogen) atoms. The molecule has 0 saturated carbocycles. The Labute approximate surface area is 314 Å². The average Bonchev–Trinajstić information content (AvgIpc) is 3.12. The fraction of sp³-hybridized carbons (Fsp3) is 0.929. The molecule has 0 radical (unpaired) electrons. The van der Waals surface area contributed by atoms with E-state index >= 15 is 0 Å². The van der Waals surface area contributed by atoms with Crippen LogP contribution in [0.3, 0.4) is 0 Å². The summed E-state index contributed by atoms with van der Waals surface area (Å²) in [6, 6.07) is 0. The summed E-state index contributed by atoms with van der Waals surface area (Å²) in [5.74, 6) is 0. The van der Waals surface area contributed by atoms with Crippen molar-refractivity contribution in [1.82, 2.24) is 16.0 Å². The second-order valence-corrected chi connectivity index (χ2v) is 14.6. The van der Waals surface area contributed by atoms with Crippen LogP contribution in [0.5, 0.6) is 0 Å². The first-order valence-corrected chi connectivity index (χ1v) is 21.8. The van der Waals surface area contributed by atoms with Gasteiger partial charge in [0.2, 0.25) is 0 Å². The van der Waals surface area contributed by atoms with Gasteiger partial charge in [-0.2, -0.15) is 0 Å². The van der Waals surface area contributed by atoms with Crippen molar-refractivity contribution in [2.75, 3.05) is 32.8 Å². The third-order valence-electron chi connectivity index (χ3n) is 9.47. The molecule has 0 rings (SSSR count). The molecule has 0 atom stereocenters. The minimum atomic E-state index is -0.899. The highest BCUT2D eigenvalue weighted by Crippen LogP contribution is 2.12. The molecular formula is C42H83N3O6. The summed E-state index contributed by atoms with van der Waals surface area (Å²) < 4.78 is 16.2. The molecule has 0 aliphatic carbocycles. The van der Waals surface area contributed by atoms with Crippen LogP contribution in [-0.2, 0) is 14.2 Å². The van der Waals surface area contributed by atoms with E-state index in [2.05, 4.69) is 36.7 Å². The maximum absolute atomic E-state index is 12.5. The number of amides is 3. The molecule has 0 bridgehead atoms. The Morgan fingerprint density at radius 3 is 0.863 bits per heavy atom. The summed E-state index contributed by atoms with van der Waals surface area (Å²) in [6.45, 7) is 7.93. The van der Waals surface area contributed by atoms with Gasteiger partial charge in [0, 0.05) is 19.6 Å². The second kappa shape index (κ2) is 40.6. The van der Waals surface area contributed by atoms with E-state index in [9.17, 15) is 14.4 Å². The predicted octanol–water partition coefficient (Wildman–Crippen LogP) is 12.3. The lowest BCUT2D eigenvalue weighted by atomic mass is 10.1. The SMILES string of the molecule is CCCCCCCCCCCCNC(=O)OCC(COC(=O)NCCCCCCCCCCCC)OC(=O)NCCCCCCCCCCCC. The number of hydrogen-bond acceptors (Lipinski definition) is 6. The Kier molecular flexibility index (Phi) is 38.8. The van der Waals surface area contributed by atoms with Gasteiger partial charge in [-0.25, -0.2) is 14.4 Å². The lowest BCUT2D eigenvalue weighted by Crippen LogP contribution is -2.38. The van der Waals surface area contributed by atoms with Gasteiger partial charge in [0.1, 0.15) is 13.2 Å². The fourth-order valence-electron chi connectivity index (χ4n) is 6.16. The first kappa shape index (κ1) is 48.8. The number of alkyl carbamates (subject to hydrolysis) is 3. The Hall–Kier alpha value is -2.19. The summed E-state index contributed by atoms with van der Waals surface area (Å²) in [4.78, 5) is 37.2. The summed E-state index contributed by atoms with van der Waals surface area (Å²) in [5, 5.41) is 8.36. The Bertz CT molecular complexity index is 727. The van der Waals surface area contributed by atoms with Gasteiger partial charge in [0.25, 0.3) is 0 Å². The molecule has 3 N–H and O–H groups in total. The predicted molar refractivity (Wildman–Crippen MR) is 213 cm³/mol. The third kappa shape index (κ3) is 38.9. The van der Waals surface area contributed by atoms with Crippen LogP contribution in [0.1, 0.15) is 213 Å². The first-order chi connectivity index (χ1) is 25.0. The van der Waals surface area contributed by atoms with Crippen molar-refractivity contribution in [3.8, 4) is 0 Å². The van der Waals surface area contributed by atoms with Crippen molar-refractivity contribution in [3.63, 3.8) is 0 Å². The third-order valence-corrected chi connectivity index (χ3v) is 9.47. The number of hydrogen-bond donors (Lipinski definition) is 3. The molecule has 0 aliphatic heterocycles. The van der Waals surface area contributed by atoms with Gasteiger partial charge in [-0.15, -0.1) is 0 Å². The maximum atomic E-state index is 12.5. The Morgan fingerprint density at radius 2 is 0.588 bits per heavy atom. The zero-order valence-electron chi connectivity index (χ0n) is 33.8. The molecule has 0 aliphatic rings. The van der Waals surface area contributed by atoms with Gasteiger partial charge < -0.3 is 30.2 Å². The molecule has 0 aromatic heterocycles. The van der Waals surface area contributed by atoms with E-state index < -0.39 is 24.4 Å². The standard InChI is InChI=1S/C42H83N3O6/c1-4-7-10-13-16-19-22-25-28-31-34-43-40(46)49-37-39(51-42(48)45-36-33-30-27-24-21-18-15-12-9-6-3)38-50-41(47)44-35-32-29-26-23-20-17-14-11-8-5-2/h39H,4-38H2,1-3H3,(H,43,46)(H,44,47)(H,45,48). The number of rotatable bonds is 38. The number of carbonyl (C=O) groups is 3. The molecule has 0 aromatic rings. The normalized spacial score (nSPS) is 11.1. The molecule has 0 unspecified atom stereocenters. The maximum Gasteiger partial charge on any atom is 0.407 e. The van der Waals surface area contributed by atoms with Crippen LogP contribution in [-0.4, -0.2) is 57.2 Å². The lowest BCUT2D eigenvalue weighted by Gasteiger charge is -2.19. The van der Waals surface area contributed by atoms with Crippen LogP contribution in [0.4, 0.5) is 14.4 Å². The minimum absolute atomic E-state index is 0.193. The lowest BCUT2D eigenvalue weighted by molar-refractivity contribution is 0.00737. The molecule has 9 nitrogen and oxygen atoms in total. The molecule has 0 fully saturated rings. The van der Waals surface area contributed by atoms with Crippen LogP contribution >= 0.6 is 0 Å². The molecule has 0 aromatic carbocycles. The topological polar surface area (TPSA) is 115 Å². The molecule has 0 spiro atoms. The van der Waals surface area contributed by atoms with Crippen LogP contribution in [0.15, 0.2) is 0 Å². The van der Waals surface area contributed by atoms with Crippen molar-refractivity contribution in [2.45, 2.75) is 219 Å². The first-order valence-electron chi connectivity index (χ1n) is 21.8. The summed E-state index contributed by atoms with van der Waals surface area (Å²) >= 11 is 0. The molecule has 0 heterocycles. The van der Waals surface area contributed by atoms with E-state index in [0.717, 1.165) is 44.9 Å². The zero-order chi connectivity index (χ0) is 37.3. The highest BCUT2D eigenvalue weighted by molar-refractivity contribution is 5.69. The zero-order valence-corrected chi connectivity index (χ0v) is 33.8. The van der Waals surface area contributed by atoms with Crippen molar-refractivity contribution < 1.29 is 28.6 Å². The van der Waals surface area contributed by atoms with E-state index in [4.69, 9.17) is 14.2 Å². The quantitative estimate of drug-likeness (QED) is 0.0431. The number of ether oxygens (including phenoxy) is 3. The van der Waals surface area contributed by atoms with Gasteiger partial charge in [-0.05, 0) is 19.3 Å². The Balaban J connectivity index is 4.33. The average molecular weight is 726 g/mol. The molecule has 3 amide bonds.